The molecule has 0 bridgehead atoms. The molecule has 0 fully saturated rings. The Morgan fingerprint density at radius 3 is 2.61 bits per heavy atom. The zero-order chi connectivity index (χ0) is 16.9. The third-order valence-corrected chi connectivity index (χ3v) is 6.34. The summed E-state index contributed by atoms with van der Waals surface area (Å²) in [6.07, 6.45) is 1.30. The molecule has 0 amide bonds. The van der Waals surface area contributed by atoms with E-state index in [1.165, 1.54) is 4.68 Å². The fourth-order valence-electron chi connectivity index (χ4n) is 3.22. The van der Waals surface area contributed by atoms with Gasteiger partial charge in [0.25, 0.3) is 0 Å². The minimum absolute atomic E-state index is 0.107. The summed E-state index contributed by atoms with van der Waals surface area (Å²) in [7, 11) is -1.82. The van der Waals surface area contributed by atoms with Gasteiger partial charge < -0.3 is 5.11 Å². The van der Waals surface area contributed by atoms with Crippen LogP contribution < -0.4 is 0 Å². The Balaban J connectivity index is 2.21. The summed E-state index contributed by atoms with van der Waals surface area (Å²) in [4.78, 5) is 13.1. The van der Waals surface area contributed by atoms with E-state index in [-0.39, 0.29) is 22.1 Å². The molecule has 1 aromatic heterocycles. The van der Waals surface area contributed by atoms with E-state index in [9.17, 15) is 18.3 Å². The first-order chi connectivity index (χ1) is 10.7. The van der Waals surface area contributed by atoms with Gasteiger partial charge in [0.05, 0.1) is 16.3 Å². The molecule has 1 N–H and O–H groups in total. The van der Waals surface area contributed by atoms with Gasteiger partial charge in [0, 0.05) is 12.6 Å². The largest absolute Gasteiger partial charge is 0.493 e. The first-order valence-corrected chi connectivity index (χ1v) is 9.01. The highest BCUT2D eigenvalue weighted by Crippen LogP contribution is 2.32. The molecular weight excluding hydrogens is 316 g/mol. The minimum Gasteiger partial charge on any atom is -0.493 e. The Kier molecular flexibility index (Phi) is 3.55. The van der Waals surface area contributed by atoms with Gasteiger partial charge in [-0.25, -0.2) is 13.1 Å². The average molecular weight is 334 g/mol. The number of benzene rings is 1. The van der Waals surface area contributed by atoms with Gasteiger partial charge in [0.1, 0.15) is 5.56 Å². The maximum atomic E-state index is 12.8. The molecule has 7 heteroatoms. The quantitative estimate of drug-likeness (QED) is 0.844. The zero-order valence-corrected chi connectivity index (χ0v) is 14.1. The van der Waals surface area contributed by atoms with Gasteiger partial charge in [-0.2, -0.15) is 5.10 Å². The average Bonchev–Trinajstić information content (AvgIpc) is 2.71. The lowest BCUT2D eigenvalue weighted by molar-refractivity contribution is 0.103. The van der Waals surface area contributed by atoms with Gasteiger partial charge in [-0.05, 0) is 37.8 Å². The second kappa shape index (κ2) is 5.19. The van der Waals surface area contributed by atoms with Crippen molar-refractivity contribution in [3.05, 3.63) is 40.1 Å². The van der Waals surface area contributed by atoms with E-state index < -0.39 is 15.6 Å². The molecule has 0 radical (unpaired) electrons. The number of ketones is 1. The van der Waals surface area contributed by atoms with Gasteiger partial charge in [0.2, 0.25) is 11.7 Å². The topological polar surface area (TPSA) is 89.3 Å². The number of carbonyl (C=O) groups excluding carboxylic acids is 1. The molecule has 0 atom stereocenters. The van der Waals surface area contributed by atoms with E-state index in [1.807, 2.05) is 0 Å². The van der Waals surface area contributed by atoms with Crippen molar-refractivity contribution in [3.63, 3.8) is 0 Å². The third-order valence-electron chi connectivity index (χ3n) is 4.32. The van der Waals surface area contributed by atoms with Crippen molar-refractivity contribution in [1.82, 2.24) is 9.78 Å². The molecule has 0 aliphatic carbocycles. The van der Waals surface area contributed by atoms with E-state index in [0.717, 1.165) is 5.56 Å². The Morgan fingerprint density at radius 1 is 1.30 bits per heavy atom. The van der Waals surface area contributed by atoms with Crippen LogP contribution in [0.4, 0.5) is 0 Å². The fraction of sp³-hybridized carbons (Fsp3) is 0.375. The minimum atomic E-state index is -3.36. The SMILES string of the molecule is Cc1nn(C)c(O)c1C(=O)c1ccc2c(c1C)S(=O)(=O)CCC2. The van der Waals surface area contributed by atoms with Crippen molar-refractivity contribution < 1.29 is 18.3 Å². The molecular formula is C16H18N2O4S. The Bertz CT molecular complexity index is 926. The van der Waals surface area contributed by atoms with E-state index in [1.54, 1.807) is 33.0 Å². The predicted octanol–water partition coefficient (Wildman–Crippen LogP) is 1.69. The molecule has 1 aliphatic heterocycles. The number of hydrogen-bond donors (Lipinski definition) is 1. The summed E-state index contributed by atoms with van der Waals surface area (Å²) in [5.74, 6) is -0.517. The number of aromatic nitrogens is 2. The van der Waals surface area contributed by atoms with Crippen molar-refractivity contribution in [1.29, 1.82) is 0 Å². The van der Waals surface area contributed by atoms with Crippen molar-refractivity contribution in [2.24, 2.45) is 7.05 Å². The van der Waals surface area contributed by atoms with Crippen molar-refractivity contribution in [2.45, 2.75) is 31.6 Å². The summed E-state index contributed by atoms with van der Waals surface area (Å²) < 4.78 is 26.0. The van der Waals surface area contributed by atoms with Gasteiger partial charge in [0.15, 0.2) is 9.84 Å². The molecule has 2 heterocycles. The number of sulfone groups is 1. The second-order valence-electron chi connectivity index (χ2n) is 5.89. The highest BCUT2D eigenvalue weighted by Gasteiger charge is 2.30. The number of rotatable bonds is 2. The monoisotopic (exact) mass is 334 g/mol. The normalized spacial score (nSPS) is 16.1. The molecule has 1 aliphatic rings. The molecule has 0 unspecified atom stereocenters. The highest BCUT2D eigenvalue weighted by molar-refractivity contribution is 7.91. The smallest absolute Gasteiger partial charge is 0.220 e. The maximum Gasteiger partial charge on any atom is 0.220 e. The van der Waals surface area contributed by atoms with Gasteiger partial charge >= 0.3 is 0 Å². The Hall–Kier alpha value is -2.15. The van der Waals surface area contributed by atoms with Crippen LogP contribution in [-0.4, -0.2) is 34.8 Å². The molecule has 2 aromatic rings. The highest BCUT2D eigenvalue weighted by atomic mass is 32.2. The third kappa shape index (κ3) is 2.35. The van der Waals surface area contributed by atoms with Gasteiger partial charge in [-0.15, -0.1) is 0 Å². The summed E-state index contributed by atoms with van der Waals surface area (Å²) in [6.45, 7) is 3.29. The molecule has 1 aromatic carbocycles. The van der Waals surface area contributed by atoms with Gasteiger partial charge in [-0.3, -0.25) is 4.79 Å². The standard InChI is InChI=1S/C16H18N2O4S/c1-9-12(14(19)13-10(2)17-18(3)16(13)20)7-6-11-5-4-8-23(21,22)15(9)11/h6-7,20H,4-5,8H2,1-3H3. The van der Waals surface area contributed by atoms with Crippen LogP contribution in [0.15, 0.2) is 17.0 Å². The molecule has 0 saturated heterocycles. The van der Waals surface area contributed by atoms with Gasteiger partial charge in [-0.1, -0.05) is 12.1 Å². The molecule has 3 rings (SSSR count). The van der Waals surface area contributed by atoms with Crippen molar-refractivity contribution in [2.75, 3.05) is 5.75 Å². The fourth-order valence-corrected chi connectivity index (χ4v) is 5.10. The van der Waals surface area contributed by atoms with Crippen LogP contribution in [0.1, 0.15) is 39.2 Å². The van der Waals surface area contributed by atoms with Crippen LogP contribution in [0, 0.1) is 13.8 Å². The van der Waals surface area contributed by atoms with Crippen LogP contribution in [0.25, 0.3) is 0 Å². The second-order valence-corrected chi connectivity index (χ2v) is 7.93. The number of nitrogens with zero attached hydrogens (tertiary/aromatic N) is 2. The number of aryl methyl sites for hydroxylation is 3. The Labute approximate surface area is 134 Å². The lowest BCUT2D eigenvalue weighted by Gasteiger charge is -2.20. The molecule has 0 saturated carbocycles. The van der Waals surface area contributed by atoms with Crippen LogP contribution >= 0.6 is 0 Å². The maximum absolute atomic E-state index is 12.8. The first kappa shape index (κ1) is 15.7. The number of fused-ring (bicyclic) bond motifs is 1. The summed E-state index contributed by atoms with van der Waals surface area (Å²) in [6, 6.07) is 3.35. The summed E-state index contributed by atoms with van der Waals surface area (Å²) in [5.41, 5.74) is 2.03. The lowest BCUT2D eigenvalue weighted by Crippen LogP contribution is -2.19. The van der Waals surface area contributed by atoms with E-state index in [0.29, 0.717) is 29.7 Å². The van der Waals surface area contributed by atoms with Crippen LogP contribution in [0.2, 0.25) is 0 Å². The Morgan fingerprint density at radius 2 is 2.00 bits per heavy atom. The number of carbonyl (C=O) groups is 1. The summed E-state index contributed by atoms with van der Waals surface area (Å²) in [5, 5.41) is 14.1. The van der Waals surface area contributed by atoms with Crippen molar-refractivity contribution in [3.8, 4) is 5.88 Å². The molecule has 6 nitrogen and oxygen atoms in total. The van der Waals surface area contributed by atoms with E-state index in [4.69, 9.17) is 0 Å². The van der Waals surface area contributed by atoms with Crippen LogP contribution in [0.3, 0.4) is 0 Å². The molecule has 0 spiro atoms. The van der Waals surface area contributed by atoms with Crippen LogP contribution in [-0.2, 0) is 23.3 Å². The lowest BCUT2D eigenvalue weighted by atomic mass is 9.96. The first-order valence-electron chi connectivity index (χ1n) is 7.36. The van der Waals surface area contributed by atoms with E-state index >= 15 is 0 Å². The number of hydrogen-bond acceptors (Lipinski definition) is 5. The molecule has 23 heavy (non-hydrogen) atoms. The van der Waals surface area contributed by atoms with Crippen molar-refractivity contribution >= 4 is 15.6 Å². The van der Waals surface area contributed by atoms with E-state index in [2.05, 4.69) is 5.10 Å². The van der Waals surface area contributed by atoms with Crippen LogP contribution in [0.5, 0.6) is 5.88 Å². The molecule has 122 valence electrons. The summed E-state index contributed by atoms with van der Waals surface area (Å²) >= 11 is 0. The zero-order valence-electron chi connectivity index (χ0n) is 13.3. The predicted molar refractivity (Wildman–Crippen MR) is 84.6 cm³/mol. The number of aromatic hydroxyl groups is 1.